The van der Waals surface area contributed by atoms with Crippen molar-refractivity contribution in [1.29, 1.82) is 0 Å². The summed E-state index contributed by atoms with van der Waals surface area (Å²) in [6, 6.07) is 5.73. The number of fused-ring (bicyclic) bond motifs is 2. The summed E-state index contributed by atoms with van der Waals surface area (Å²) in [6.45, 7) is 0.837. The molecule has 1 saturated heterocycles. The van der Waals surface area contributed by atoms with Crippen molar-refractivity contribution < 1.29 is 9.13 Å². The first-order valence-corrected chi connectivity index (χ1v) is 9.55. The molecule has 0 bridgehead atoms. The van der Waals surface area contributed by atoms with E-state index in [-0.39, 0.29) is 23.5 Å². The Morgan fingerprint density at radius 1 is 1.14 bits per heavy atom. The molecule has 2 aliphatic rings. The quantitative estimate of drug-likeness (QED) is 0.749. The first kappa shape index (κ1) is 17.2. The van der Waals surface area contributed by atoms with Gasteiger partial charge < -0.3 is 10.1 Å². The number of rotatable bonds is 3. The van der Waals surface area contributed by atoms with Crippen LogP contribution in [0.1, 0.15) is 30.1 Å². The lowest BCUT2D eigenvalue weighted by atomic mass is 9.97. The standard InChI is InChI=1S/C20H20FN5O2/c21-13-5-6-14-16(8-13)22-11-23-20(14)24-17-9-28-10-18(17)26-19(27)7-12-3-1-2-4-15(12)25-26/h5-8,11,17-18H,1-4,9-10H2,(H,22,23,24). The van der Waals surface area contributed by atoms with E-state index in [1.807, 2.05) is 0 Å². The summed E-state index contributed by atoms with van der Waals surface area (Å²) in [7, 11) is 0. The molecule has 2 atom stereocenters. The van der Waals surface area contributed by atoms with Gasteiger partial charge in [-0.05, 0) is 43.4 Å². The van der Waals surface area contributed by atoms with Crippen LogP contribution in [-0.2, 0) is 17.6 Å². The van der Waals surface area contributed by atoms with Crippen LogP contribution in [0, 0.1) is 5.82 Å². The number of ether oxygens (including phenoxy) is 1. The van der Waals surface area contributed by atoms with Gasteiger partial charge >= 0.3 is 0 Å². The zero-order valence-electron chi connectivity index (χ0n) is 15.3. The Kier molecular flexibility index (Phi) is 4.27. The average molecular weight is 381 g/mol. The molecule has 1 fully saturated rings. The first-order valence-electron chi connectivity index (χ1n) is 9.55. The molecular weight excluding hydrogens is 361 g/mol. The Morgan fingerprint density at radius 2 is 2.04 bits per heavy atom. The van der Waals surface area contributed by atoms with Crippen LogP contribution in [0.3, 0.4) is 0 Å². The Hall–Kier alpha value is -2.87. The van der Waals surface area contributed by atoms with E-state index in [4.69, 9.17) is 4.74 Å². The van der Waals surface area contributed by atoms with Gasteiger partial charge in [-0.25, -0.2) is 19.0 Å². The summed E-state index contributed by atoms with van der Waals surface area (Å²) in [5.74, 6) is 0.251. The monoisotopic (exact) mass is 381 g/mol. The van der Waals surface area contributed by atoms with Crippen molar-refractivity contribution in [3.63, 3.8) is 0 Å². The fourth-order valence-electron chi connectivity index (χ4n) is 4.06. The van der Waals surface area contributed by atoms with Crippen LogP contribution in [-0.4, -0.2) is 39.0 Å². The van der Waals surface area contributed by atoms with Crippen LogP contribution in [0.25, 0.3) is 10.9 Å². The van der Waals surface area contributed by atoms with Crippen molar-refractivity contribution in [1.82, 2.24) is 19.7 Å². The zero-order chi connectivity index (χ0) is 19.1. The normalized spacial score (nSPS) is 21.6. The molecule has 3 aromatic rings. The summed E-state index contributed by atoms with van der Waals surface area (Å²) < 4.78 is 20.7. The molecule has 5 rings (SSSR count). The number of anilines is 1. The number of hydrogen-bond acceptors (Lipinski definition) is 6. The van der Waals surface area contributed by atoms with E-state index >= 15 is 0 Å². The third-order valence-electron chi connectivity index (χ3n) is 5.52. The molecule has 0 spiro atoms. The Labute approximate surface area is 160 Å². The smallest absolute Gasteiger partial charge is 0.267 e. The van der Waals surface area contributed by atoms with Crippen molar-refractivity contribution >= 4 is 16.7 Å². The second-order valence-corrected chi connectivity index (χ2v) is 7.35. The predicted octanol–water partition coefficient (Wildman–Crippen LogP) is 2.26. The van der Waals surface area contributed by atoms with Gasteiger partial charge in [-0.3, -0.25) is 4.79 Å². The van der Waals surface area contributed by atoms with Gasteiger partial charge in [-0.15, -0.1) is 0 Å². The summed E-state index contributed by atoms with van der Waals surface area (Å²) in [6.07, 6.45) is 5.44. The maximum atomic E-state index is 13.5. The highest BCUT2D eigenvalue weighted by molar-refractivity contribution is 5.88. The summed E-state index contributed by atoms with van der Waals surface area (Å²) >= 11 is 0. The fraction of sp³-hybridized carbons (Fsp3) is 0.400. The molecule has 144 valence electrons. The van der Waals surface area contributed by atoms with Crippen LogP contribution < -0.4 is 10.9 Å². The van der Waals surface area contributed by atoms with Gasteiger partial charge in [-0.2, -0.15) is 5.10 Å². The van der Waals surface area contributed by atoms with Crippen molar-refractivity contribution in [2.24, 2.45) is 0 Å². The molecule has 1 aromatic carbocycles. The number of aromatic nitrogens is 4. The number of benzene rings is 1. The van der Waals surface area contributed by atoms with Gasteiger partial charge in [0.2, 0.25) is 0 Å². The Balaban J connectivity index is 1.48. The first-order chi connectivity index (χ1) is 13.7. The lowest BCUT2D eigenvalue weighted by Crippen LogP contribution is -2.38. The van der Waals surface area contributed by atoms with Crippen molar-refractivity contribution in [3.8, 4) is 0 Å². The fourth-order valence-corrected chi connectivity index (χ4v) is 4.06. The molecule has 28 heavy (non-hydrogen) atoms. The zero-order valence-corrected chi connectivity index (χ0v) is 15.3. The minimum Gasteiger partial charge on any atom is -0.377 e. The van der Waals surface area contributed by atoms with Gasteiger partial charge in [0.1, 0.15) is 24.0 Å². The van der Waals surface area contributed by atoms with Crippen LogP contribution in [0.2, 0.25) is 0 Å². The van der Waals surface area contributed by atoms with Gasteiger partial charge in [0.25, 0.3) is 5.56 Å². The molecule has 0 radical (unpaired) electrons. The summed E-state index contributed by atoms with van der Waals surface area (Å²) in [5, 5.41) is 8.75. The lowest BCUT2D eigenvalue weighted by molar-refractivity contribution is 0.182. The summed E-state index contributed by atoms with van der Waals surface area (Å²) in [4.78, 5) is 21.1. The Morgan fingerprint density at radius 3 is 2.96 bits per heavy atom. The molecule has 1 aliphatic heterocycles. The van der Waals surface area contributed by atoms with Crippen molar-refractivity contribution in [2.75, 3.05) is 18.5 Å². The maximum absolute atomic E-state index is 13.5. The Bertz CT molecular complexity index is 1100. The van der Waals surface area contributed by atoms with Gasteiger partial charge in [0.05, 0.1) is 30.5 Å². The van der Waals surface area contributed by atoms with E-state index in [2.05, 4.69) is 20.4 Å². The van der Waals surface area contributed by atoms with Crippen LogP contribution in [0.4, 0.5) is 10.2 Å². The molecule has 0 saturated carbocycles. The second-order valence-electron chi connectivity index (χ2n) is 7.35. The van der Waals surface area contributed by atoms with Gasteiger partial charge in [0.15, 0.2) is 0 Å². The number of nitrogens with zero attached hydrogens (tertiary/aromatic N) is 4. The van der Waals surface area contributed by atoms with Crippen LogP contribution >= 0.6 is 0 Å². The highest BCUT2D eigenvalue weighted by Gasteiger charge is 2.32. The van der Waals surface area contributed by atoms with Crippen molar-refractivity contribution in [2.45, 2.75) is 37.8 Å². The predicted molar refractivity (Wildman–Crippen MR) is 102 cm³/mol. The van der Waals surface area contributed by atoms with E-state index < -0.39 is 0 Å². The third-order valence-corrected chi connectivity index (χ3v) is 5.52. The number of nitrogens with one attached hydrogen (secondary N) is 1. The molecule has 8 heteroatoms. The molecule has 2 unspecified atom stereocenters. The highest BCUT2D eigenvalue weighted by Crippen LogP contribution is 2.26. The van der Waals surface area contributed by atoms with E-state index in [0.29, 0.717) is 24.5 Å². The molecule has 7 nitrogen and oxygen atoms in total. The number of aryl methyl sites for hydroxylation is 2. The van der Waals surface area contributed by atoms with Gasteiger partial charge in [0, 0.05) is 17.5 Å². The van der Waals surface area contributed by atoms with Crippen molar-refractivity contribution in [3.05, 3.63) is 58.0 Å². The SMILES string of the molecule is O=c1cc2c(nn1C1COCC1Nc1ncnc3cc(F)ccc13)CCCC2. The molecular formula is C20H20FN5O2. The van der Waals surface area contributed by atoms with Crippen LogP contribution in [0.15, 0.2) is 35.4 Å². The third kappa shape index (κ3) is 3.03. The highest BCUT2D eigenvalue weighted by atomic mass is 19.1. The van der Waals surface area contributed by atoms with E-state index in [1.54, 1.807) is 16.8 Å². The maximum Gasteiger partial charge on any atom is 0.267 e. The molecule has 2 aromatic heterocycles. The van der Waals surface area contributed by atoms with E-state index in [9.17, 15) is 9.18 Å². The van der Waals surface area contributed by atoms with Crippen LogP contribution in [0.5, 0.6) is 0 Å². The largest absolute Gasteiger partial charge is 0.377 e. The lowest BCUT2D eigenvalue weighted by Gasteiger charge is -2.23. The molecule has 0 amide bonds. The average Bonchev–Trinajstić information content (AvgIpc) is 3.15. The molecule has 1 aliphatic carbocycles. The minimum atomic E-state index is -0.343. The number of hydrogen-bond donors (Lipinski definition) is 1. The van der Waals surface area contributed by atoms with E-state index in [0.717, 1.165) is 42.3 Å². The minimum absolute atomic E-state index is 0.0995. The second kappa shape index (κ2) is 6.94. The summed E-state index contributed by atoms with van der Waals surface area (Å²) in [5.41, 5.74) is 2.51. The molecule has 3 heterocycles. The van der Waals surface area contributed by atoms with Gasteiger partial charge in [-0.1, -0.05) is 0 Å². The van der Waals surface area contributed by atoms with E-state index in [1.165, 1.54) is 18.5 Å². The number of halogens is 1. The molecule has 1 N–H and O–H groups in total. The topological polar surface area (TPSA) is 81.9 Å².